The highest BCUT2D eigenvalue weighted by molar-refractivity contribution is 5.85. The number of rotatable bonds is 5. The predicted octanol–water partition coefficient (Wildman–Crippen LogP) is 3.79. The summed E-state index contributed by atoms with van der Waals surface area (Å²) in [6.45, 7) is 4.38. The lowest BCUT2D eigenvalue weighted by atomic mass is 9.95. The molecule has 2 aliphatic rings. The van der Waals surface area contributed by atoms with Crippen LogP contribution in [0.4, 0.5) is 4.39 Å². The first-order chi connectivity index (χ1) is 14.1. The second kappa shape index (κ2) is 8.36. The number of nitrogens with zero attached hydrogens (tertiary/aromatic N) is 2. The largest absolute Gasteiger partial charge is 0.339 e. The molecule has 5 heteroatoms. The van der Waals surface area contributed by atoms with Crippen LogP contribution in [0.25, 0.3) is 0 Å². The highest BCUT2D eigenvalue weighted by Crippen LogP contribution is 2.48. The maximum Gasteiger partial charge on any atom is 0.230 e. The average Bonchev–Trinajstić information content (AvgIpc) is 3.56. The molecule has 152 valence electrons. The van der Waals surface area contributed by atoms with E-state index in [4.69, 9.17) is 0 Å². The molecule has 4 nitrogen and oxygen atoms in total. The summed E-state index contributed by atoms with van der Waals surface area (Å²) in [5, 5.41) is 0. The molecule has 1 saturated heterocycles. The first-order valence-electron chi connectivity index (χ1n) is 10.5. The predicted molar refractivity (Wildman–Crippen MR) is 110 cm³/mol. The Balaban J connectivity index is 1.32. The molecule has 0 bridgehead atoms. The number of hydrogen-bond donors (Lipinski definition) is 0. The fourth-order valence-corrected chi connectivity index (χ4v) is 4.39. The Morgan fingerprint density at radius 2 is 1.59 bits per heavy atom. The van der Waals surface area contributed by atoms with E-state index in [1.54, 1.807) is 12.1 Å². The van der Waals surface area contributed by atoms with Gasteiger partial charge < -0.3 is 9.80 Å². The van der Waals surface area contributed by atoms with Gasteiger partial charge in [-0.25, -0.2) is 4.39 Å². The van der Waals surface area contributed by atoms with Crippen molar-refractivity contribution in [3.63, 3.8) is 0 Å². The first kappa shape index (κ1) is 19.6. The second-order valence-electron chi connectivity index (χ2n) is 8.02. The summed E-state index contributed by atoms with van der Waals surface area (Å²) in [4.78, 5) is 29.6. The minimum atomic E-state index is -0.251. The summed E-state index contributed by atoms with van der Waals surface area (Å²) in [7, 11) is 0. The summed E-state index contributed by atoms with van der Waals surface area (Å²) in [5.74, 6) is 0.146. The van der Waals surface area contributed by atoms with E-state index in [0.717, 1.165) is 24.0 Å². The van der Waals surface area contributed by atoms with Crippen LogP contribution in [0.3, 0.4) is 0 Å². The number of piperazine rings is 1. The van der Waals surface area contributed by atoms with Gasteiger partial charge in [0.25, 0.3) is 0 Å². The van der Waals surface area contributed by atoms with Crippen LogP contribution in [0.5, 0.6) is 0 Å². The molecule has 1 aliphatic heterocycles. The maximum absolute atomic E-state index is 13.1. The van der Waals surface area contributed by atoms with Crippen molar-refractivity contribution in [1.82, 2.24) is 9.80 Å². The van der Waals surface area contributed by atoms with E-state index in [2.05, 4.69) is 0 Å². The van der Waals surface area contributed by atoms with Crippen molar-refractivity contribution >= 4 is 11.8 Å². The Morgan fingerprint density at radius 3 is 2.21 bits per heavy atom. The second-order valence-corrected chi connectivity index (χ2v) is 8.02. The molecule has 0 N–H and O–H groups in total. The lowest BCUT2D eigenvalue weighted by Crippen LogP contribution is -2.52. The molecule has 1 heterocycles. The third-order valence-corrected chi connectivity index (χ3v) is 6.22. The van der Waals surface area contributed by atoms with Gasteiger partial charge in [0.2, 0.25) is 11.8 Å². The van der Waals surface area contributed by atoms with Crippen LogP contribution in [0.2, 0.25) is 0 Å². The third-order valence-electron chi connectivity index (χ3n) is 6.22. The van der Waals surface area contributed by atoms with Gasteiger partial charge in [0.15, 0.2) is 0 Å². The van der Waals surface area contributed by atoms with Gasteiger partial charge in [0.05, 0.1) is 5.92 Å². The lowest BCUT2D eigenvalue weighted by molar-refractivity contribution is -0.141. The zero-order valence-electron chi connectivity index (χ0n) is 16.8. The molecule has 0 aromatic heterocycles. The van der Waals surface area contributed by atoms with Crippen molar-refractivity contribution < 1.29 is 14.0 Å². The molecule has 2 aromatic carbocycles. The van der Waals surface area contributed by atoms with E-state index in [9.17, 15) is 14.0 Å². The zero-order chi connectivity index (χ0) is 20.4. The van der Waals surface area contributed by atoms with Crippen molar-refractivity contribution in [2.45, 2.75) is 31.6 Å². The van der Waals surface area contributed by atoms with Gasteiger partial charge in [0.1, 0.15) is 5.82 Å². The number of hydrogen-bond acceptors (Lipinski definition) is 2. The van der Waals surface area contributed by atoms with Crippen LogP contribution >= 0.6 is 0 Å². The molecule has 3 unspecified atom stereocenters. The molecule has 0 spiro atoms. The van der Waals surface area contributed by atoms with Crippen molar-refractivity contribution in [2.24, 2.45) is 5.92 Å². The number of amides is 2. The average molecular weight is 394 g/mol. The number of benzene rings is 2. The van der Waals surface area contributed by atoms with Crippen LogP contribution in [-0.4, -0.2) is 47.8 Å². The molecule has 29 heavy (non-hydrogen) atoms. The Hall–Kier alpha value is -2.69. The molecule has 2 amide bonds. The highest BCUT2D eigenvalue weighted by atomic mass is 19.1. The first-order valence-corrected chi connectivity index (χ1v) is 10.5. The van der Waals surface area contributed by atoms with Crippen molar-refractivity contribution in [2.75, 3.05) is 26.2 Å². The van der Waals surface area contributed by atoms with E-state index >= 15 is 0 Å². The number of carbonyl (C=O) groups excluding carboxylic acids is 2. The van der Waals surface area contributed by atoms with Crippen LogP contribution in [-0.2, 0) is 9.59 Å². The van der Waals surface area contributed by atoms with Crippen molar-refractivity contribution in [1.29, 1.82) is 0 Å². The zero-order valence-corrected chi connectivity index (χ0v) is 16.8. The Kier molecular flexibility index (Phi) is 5.65. The van der Waals surface area contributed by atoms with Crippen LogP contribution < -0.4 is 0 Å². The molecular formula is C24H27FN2O2. The summed E-state index contributed by atoms with van der Waals surface area (Å²) in [6.07, 6.45) is 1.60. The van der Waals surface area contributed by atoms with Gasteiger partial charge in [0, 0.05) is 32.1 Å². The van der Waals surface area contributed by atoms with Crippen LogP contribution in [0.15, 0.2) is 54.6 Å². The van der Waals surface area contributed by atoms with E-state index in [-0.39, 0.29) is 35.4 Å². The third kappa shape index (κ3) is 4.19. The Bertz CT molecular complexity index is 860. The molecule has 2 aromatic rings. The molecule has 1 saturated carbocycles. The quantitative estimate of drug-likeness (QED) is 0.774. The number of carbonyl (C=O) groups is 2. The Labute approximate surface area is 171 Å². The summed E-state index contributed by atoms with van der Waals surface area (Å²) in [5.41, 5.74) is 2.09. The van der Waals surface area contributed by atoms with E-state index < -0.39 is 0 Å². The molecular weight excluding hydrogens is 367 g/mol. The molecule has 2 fully saturated rings. The smallest absolute Gasteiger partial charge is 0.230 e. The fourth-order valence-electron chi connectivity index (χ4n) is 4.39. The van der Waals surface area contributed by atoms with Gasteiger partial charge in [-0.05, 0) is 42.0 Å². The normalized spacial score (nSPS) is 22.3. The van der Waals surface area contributed by atoms with E-state index in [1.165, 1.54) is 12.1 Å². The van der Waals surface area contributed by atoms with Crippen LogP contribution in [0.1, 0.15) is 42.7 Å². The van der Waals surface area contributed by atoms with Crippen molar-refractivity contribution in [3.05, 3.63) is 71.5 Å². The van der Waals surface area contributed by atoms with Gasteiger partial charge >= 0.3 is 0 Å². The van der Waals surface area contributed by atoms with Gasteiger partial charge in [-0.2, -0.15) is 0 Å². The van der Waals surface area contributed by atoms with Gasteiger partial charge in [-0.3, -0.25) is 9.59 Å². The summed E-state index contributed by atoms with van der Waals surface area (Å²) < 4.78 is 13.1. The topological polar surface area (TPSA) is 40.6 Å². The van der Waals surface area contributed by atoms with E-state index in [1.807, 2.05) is 47.1 Å². The fraction of sp³-hybridized carbons (Fsp3) is 0.417. The minimum Gasteiger partial charge on any atom is -0.339 e. The summed E-state index contributed by atoms with van der Waals surface area (Å²) >= 11 is 0. The highest BCUT2D eigenvalue weighted by Gasteiger charge is 2.46. The van der Waals surface area contributed by atoms with Gasteiger partial charge in [-0.15, -0.1) is 0 Å². The summed E-state index contributed by atoms with van der Waals surface area (Å²) in [6, 6.07) is 16.4. The maximum atomic E-state index is 13.1. The monoisotopic (exact) mass is 394 g/mol. The standard InChI is InChI=1S/C24H27FN2O2/c1-2-20(17-6-4-3-5-7-17)23(28)26-12-14-27(15-13-26)24(29)22-16-21(22)18-8-10-19(25)11-9-18/h3-11,20-22H,2,12-16H2,1H3. The number of halogens is 1. The van der Waals surface area contributed by atoms with Crippen LogP contribution in [0, 0.1) is 11.7 Å². The minimum absolute atomic E-state index is 0.00424. The van der Waals surface area contributed by atoms with Crippen molar-refractivity contribution in [3.8, 4) is 0 Å². The SMILES string of the molecule is CCC(C(=O)N1CCN(C(=O)C2CC2c2ccc(F)cc2)CC1)c1ccccc1. The molecule has 4 rings (SSSR count). The molecule has 0 radical (unpaired) electrons. The van der Waals surface area contributed by atoms with Gasteiger partial charge in [-0.1, -0.05) is 49.4 Å². The molecule has 1 aliphatic carbocycles. The van der Waals surface area contributed by atoms with E-state index in [0.29, 0.717) is 26.2 Å². The molecule has 3 atom stereocenters. The lowest BCUT2D eigenvalue weighted by Gasteiger charge is -2.36. The Morgan fingerprint density at radius 1 is 0.966 bits per heavy atom.